The van der Waals surface area contributed by atoms with Crippen molar-refractivity contribution in [1.82, 2.24) is 4.90 Å². The van der Waals surface area contributed by atoms with Crippen molar-refractivity contribution < 1.29 is 18.0 Å². The molecule has 1 aromatic rings. The van der Waals surface area contributed by atoms with Gasteiger partial charge in [0.05, 0.1) is 17.0 Å². The van der Waals surface area contributed by atoms with Gasteiger partial charge in [-0.1, -0.05) is 11.6 Å². The number of carbonyl (C=O) groups excluding carboxylic acids is 1. The third-order valence-electron chi connectivity index (χ3n) is 2.30. The maximum absolute atomic E-state index is 12.0. The molecule has 0 radical (unpaired) electrons. The normalized spacial score (nSPS) is 11.4. The van der Waals surface area contributed by atoms with Crippen molar-refractivity contribution in [2.75, 3.05) is 19.3 Å². The first kappa shape index (κ1) is 14.6. The molecule has 2 N–H and O–H groups in total. The van der Waals surface area contributed by atoms with E-state index < -0.39 is 25.0 Å². The molecule has 100 valence electrons. The van der Waals surface area contributed by atoms with Crippen LogP contribution in [-0.2, 0) is 0 Å². The van der Waals surface area contributed by atoms with Gasteiger partial charge in [0, 0.05) is 19.3 Å². The summed E-state index contributed by atoms with van der Waals surface area (Å²) in [6.07, 6.45) is -5.35. The second kappa shape index (κ2) is 5.48. The van der Waals surface area contributed by atoms with E-state index in [9.17, 15) is 18.0 Å². The molecule has 3 nitrogen and oxygen atoms in total. The number of carbonyl (C=O) groups is 1. The lowest BCUT2D eigenvalue weighted by molar-refractivity contribution is -0.136. The average Bonchev–Trinajstić information content (AvgIpc) is 2.24. The smallest absolute Gasteiger partial charge is 0.390 e. The van der Waals surface area contributed by atoms with E-state index in [1.54, 1.807) is 0 Å². The van der Waals surface area contributed by atoms with Gasteiger partial charge in [0.25, 0.3) is 5.91 Å². The molecule has 1 amide bonds. The van der Waals surface area contributed by atoms with Crippen LogP contribution < -0.4 is 5.73 Å². The molecule has 0 atom stereocenters. The predicted molar refractivity (Wildman–Crippen MR) is 63.5 cm³/mol. The summed E-state index contributed by atoms with van der Waals surface area (Å²) < 4.78 is 36.1. The van der Waals surface area contributed by atoms with Crippen LogP contribution in [0.4, 0.5) is 18.9 Å². The lowest BCUT2D eigenvalue weighted by atomic mass is 10.2. The van der Waals surface area contributed by atoms with Gasteiger partial charge in [-0.3, -0.25) is 4.79 Å². The first-order chi connectivity index (χ1) is 8.20. The Morgan fingerprint density at radius 2 is 2.06 bits per heavy atom. The number of nitrogen functional groups attached to an aromatic ring is 1. The lowest BCUT2D eigenvalue weighted by Crippen LogP contribution is -2.30. The fourth-order valence-electron chi connectivity index (χ4n) is 1.31. The first-order valence-electron chi connectivity index (χ1n) is 5.08. The SMILES string of the molecule is CN(CCC(F)(F)F)C(=O)c1ccc(N)cc1Cl. The predicted octanol–water partition coefficient (Wildman–Crippen LogP) is 2.95. The van der Waals surface area contributed by atoms with Crippen molar-refractivity contribution in [1.29, 1.82) is 0 Å². The highest BCUT2D eigenvalue weighted by Gasteiger charge is 2.28. The molecule has 0 fully saturated rings. The standard InChI is InChI=1S/C11H12ClF3N2O/c1-17(5-4-11(13,14)15)10(18)8-3-2-7(16)6-9(8)12/h2-3,6H,4-5,16H2,1H3. The molecular formula is C11H12ClF3N2O. The number of rotatable bonds is 3. The summed E-state index contributed by atoms with van der Waals surface area (Å²) in [5.74, 6) is -0.566. The molecule has 0 aliphatic carbocycles. The molecule has 1 aromatic carbocycles. The van der Waals surface area contributed by atoms with Gasteiger partial charge < -0.3 is 10.6 Å². The van der Waals surface area contributed by atoms with Crippen LogP contribution >= 0.6 is 11.6 Å². The molecule has 7 heteroatoms. The first-order valence-corrected chi connectivity index (χ1v) is 5.46. The third-order valence-corrected chi connectivity index (χ3v) is 2.61. The van der Waals surface area contributed by atoms with Crippen LogP contribution in [0.1, 0.15) is 16.8 Å². The van der Waals surface area contributed by atoms with Crippen molar-refractivity contribution in [2.24, 2.45) is 0 Å². The largest absolute Gasteiger partial charge is 0.399 e. The Balaban J connectivity index is 2.74. The van der Waals surface area contributed by atoms with Crippen molar-refractivity contribution in [3.8, 4) is 0 Å². The molecule has 0 saturated carbocycles. The molecule has 0 spiro atoms. The Kier molecular flexibility index (Phi) is 4.45. The number of nitrogens with two attached hydrogens (primary N) is 1. The minimum Gasteiger partial charge on any atom is -0.399 e. The van der Waals surface area contributed by atoms with Gasteiger partial charge in [-0.2, -0.15) is 13.2 Å². The summed E-state index contributed by atoms with van der Waals surface area (Å²) in [7, 11) is 1.29. The maximum atomic E-state index is 12.0. The minimum absolute atomic E-state index is 0.124. The highest BCUT2D eigenvalue weighted by Crippen LogP contribution is 2.22. The summed E-state index contributed by atoms with van der Waals surface area (Å²) in [5, 5.41) is 0.124. The van der Waals surface area contributed by atoms with Gasteiger partial charge in [0.15, 0.2) is 0 Å². The summed E-state index contributed by atoms with van der Waals surface area (Å²) in [4.78, 5) is 12.8. The molecule has 1 rings (SSSR count). The van der Waals surface area contributed by atoms with Crippen molar-refractivity contribution in [3.63, 3.8) is 0 Å². The molecule has 18 heavy (non-hydrogen) atoms. The number of hydrogen-bond acceptors (Lipinski definition) is 2. The molecular weight excluding hydrogens is 269 g/mol. The van der Waals surface area contributed by atoms with E-state index in [1.807, 2.05) is 0 Å². The van der Waals surface area contributed by atoms with E-state index in [0.717, 1.165) is 4.90 Å². The second-order valence-corrected chi connectivity index (χ2v) is 4.24. The van der Waals surface area contributed by atoms with Gasteiger partial charge in [-0.15, -0.1) is 0 Å². The quantitative estimate of drug-likeness (QED) is 0.865. The molecule has 0 bridgehead atoms. The van der Waals surface area contributed by atoms with Gasteiger partial charge in [0.1, 0.15) is 0 Å². The van der Waals surface area contributed by atoms with Crippen LogP contribution in [0.3, 0.4) is 0 Å². The molecule has 0 aliphatic rings. The van der Waals surface area contributed by atoms with Crippen LogP contribution in [0.25, 0.3) is 0 Å². The zero-order chi connectivity index (χ0) is 13.9. The summed E-state index contributed by atoms with van der Waals surface area (Å²) in [5.41, 5.74) is 5.98. The zero-order valence-corrected chi connectivity index (χ0v) is 10.3. The minimum atomic E-state index is -4.29. The number of benzene rings is 1. The average molecular weight is 281 g/mol. The van der Waals surface area contributed by atoms with E-state index in [2.05, 4.69) is 0 Å². The zero-order valence-electron chi connectivity index (χ0n) is 9.59. The Hall–Kier alpha value is -1.43. The summed E-state index contributed by atoms with van der Waals surface area (Å²) >= 11 is 5.81. The van der Waals surface area contributed by atoms with Crippen LogP contribution in [-0.4, -0.2) is 30.6 Å². The van der Waals surface area contributed by atoms with E-state index in [-0.39, 0.29) is 10.6 Å². The highest BCUT2D eigenvalue weighted by atomic mass is 35.5. The molecule has 0 aliphatic heterocycles. The molecule has 0 aromatic heterocycles. The van der Waals surface area contributed by atoms with E-state index >= 15 is 0 Å². The van der Waals surface area contributed by atoms with E-state index in [4.69, 9.17) is 17.3 Å². The number of alkyl halides is 3. The van der Waals surface area contributed by atoms with Crippen molar-refractivity contribution >= 4 is 23.2 Å². The van der Waals surface area contributed by atoms with E-state index in [1.165, 1.54) is 25.2 Å². The van der Waals surface area contributed by atoms with Gasteiger partial charge in [0.2, 0.25) is 0 Å². The maximum Gasteiger partial charge on any atom is 0.390 e. The fraction of sp³-hybridized carbons (Fsp3) is 0.364. The highest BCUT2D eigenvalue weighted by molar-refractivity contribution is 6.34. The molecule has 0 saturated heterocycles. The molecule has 0 heterocycles. The topological polar surface area (TPSA) is 46.3 Å². The summed E-state index contributed by atoms with van der Waals surface area (Å²) in [6.45, 7) is -0.414. The van der Waals surface area contributed by atoms with Gasteiger partial charge >= 0.3 is 6.18 Å². The number of halogens is 4. The fourth-order valence-corrected chi connectivity index (χ4v) is 1.58. The monoisotopic (exact) mass is 280 g/mol. The number of anilines is 1. The third kappa shape index (κ3) is 4.10. The van der Waals surface area contributed by atoms with Gasteiger partial charge in [-0.05, 0) is 18.2 Å². The lowest BCUT2D eigenvalue weighted by Gasteiger charge is -2.18. The Morgan fingerprint density at radius 3 is 2.56 bits per heavy atom. The Bertz CT molecular complexity index is 448. The second-order valence-electron chi connectivity index (χ2n) is 3.83. The summed E-state index contributed by atoms with van der Waals surface area (Å²) in [6, 6.07) is 4.24. The van der Waals surface area contributed by atoms with Crippen LogP contribution in [0.15, 0.2) is 18.2 Å². The van der Waals surface area contributed by atoms with Gasteiger partial charge in [-0.25, -0.2) is 0 Å². The number of nitrogens with zero attached hydrogens (tertiary/aromatic N) is 1. The van der Waals surface area contributed by atoms with Crippen LogP contribution in [0, 0.1) is 0 Å². The Labute approximate surface area is 107 Å². The Morgan fingerprint density at radius 1 is 1.44 bits per heavy atom. The van der Waals surface area contributed by atoms with Crippen LogP contribution in [0.5, 0.6) is 0 Å². The van der Waals surface area contributed by atoms with E-state index in [0.29, 0.717) is 5.69 Å². The number of amides is 1. The molecule has 0 unspecified atom stereocenters. The van der Waals surface area contributed by atoms with Crippen molar-refractivity contribution in [2.45, 2.75) is 12.6 Å². The van der Waals surface area contributed by atoms with Crippen molar-refractivity contribution in [3.05, 3.63) is 28.8 Å². The van der Waals surface area contributed by atoms with Crippen LogP contribution in [0.2, 0.25) is 5.02 Å². The number of hydrogen-bond donors (Lipinski definition) is 1.